The van der Waals surface area contributed by atoms with E-state index in [0.717, 1.165) is 11.1 Å². The standard InChI is InChI=1S/C30H26N2O5/c33-19-22-11-12-24(29(35)32-18-16-21-9-5-2-6-10-21)27-25(30(36)37)14-13-23(26(22)27)28(34)31-17-15-20-7-3-1-4-8-20/h1-14,19H,15-18H2,(H,31,34)(H,32,35)(H,36,37). The molecule has 0 atom stereocenters. The fourth-order valence-corrected chi connectivity index (χ4v) is 4.30. The first kappa shape index (κ1) is 25.3. The van der Waals surface area contributed by atoms with Gasteiger partial charge in [-0.05, 0) is 42.2 Å². The van der Waals surface area contributed by atoms with Crippen molar-refractivity contribution in [3.63, 3.8) is 0 Å². The van der Waals surface area contributed by atoms with Gasteiger partial charge in [-0.2, -0.15) is 0 Å². The molecule has 0 saturated carbocycles. The molecule has 0 unspecified atom stereocenters. The van der Waals surface area contributed by atoms with Crippen molar-refractivity contribution < 1.29 is 24.3 Å². The molecule has 0 aliphatic rings. The van der Waals surface area contributed by atoms with E-state index >= 15 is 0 Å². The molecule has 7 heteroatoms. The SMILES string of the molecule is O=Cc1ccc(C(=O)NCCc2ccccc2)c2c(C(=O)O)ccc(C(=O)NCCc3ccccc3)c12. The second kappa shape index (κ2) is 11.8. The summed E-state index contributed by atoms with van der Waals surface area (Å²) in [4.78, 5) is 50.3. The number of nitrogens with one attached hydrogen (secondary N) is 2. The van der Waals surface area contributed by atoms with Gasteiger partial charge in [0.25, 0.3) is 11.8 Å². The molecule has 0 fully saturated rings. The van der Waals surface area contributed by atoms with Crippen LogP contribution < -0.4 is 10.6 Å². The summed E-state index contributed by atoms with van der Waals surface area (Å²) in [6.07, 6.45) is 1.76. The minimum absolute atomic E-state index is 0.0602. The average Bonchev–Trinajstić information content (AvgIpc) is 2.92. The number of aldehydes is 1. The summed E-state index contributed by atoms with van der Waals surface area (Å²) in [5, 5.41) is 15.7. The molecule has 0 aromatic heterocycles. The highest BCUT2D eigenvalue weighted by Gasteiger charge is 2.23. The van der Waals surface area contributed by atoms with Crippen LogP contribution in [0.25, 0.3) is 10.8 Å². The summed E-state index contributed by atoms with van der Waals surface area (Å²) in [7, 11) is 0. The largest absolute Gasteiger partial charge is 0.478 e. The summed E-state index contributed by atoms with van der Waals surface area (Å²) in [6, 6.07) is 24.8. The number of carboxylic acid groups (broad SMARTS) is 1. The number of benzene rings is 4. The van der Waals surface area contributed by atoms with E-state index in [-0.39, 0.29) is 33.0 Å². The fourth-order valence-electron chi connectivity index (χ4n) is 4.30. The van der Waals surface area contributed by atoms with Gasteiger partial charge in [-0.1, -0.05) is 66.7 Å². The Bertz CT molecular complexity index is 1450. The van der Waals surface area contributed by atoms with E-state index in [1.807, 2.05) is 60.7 Å². The lowest BCUT2D eigenvalue weighted by Gasteiger charge is -2.15. The minimum atomic E-state index is -1.26. The van der Waals surface area contributed by atoms with E-state index < -0.39 is 17.8 Å². The number of rotatable bonds is 10. The van der Waals surface area contributed by atoms with Crippen LogP contribution in [0.15, 0.2) is 84.9 Å². The van der Waals surface area contributed by atoms with Crippen LogP contribution in [-0.2, 0) is 12.8 Å². The van der Waals surface area contributed by atoms with Gasteiger partial charge >= 0.3 is 5.97 Å². The van der Waals surface area contributed by atoms with Crippen LogP contribution in [0, 0.1) is 0 Å². The van der Waals surface area contributed by atoms with E-state index in [9.17, 15) is 24.3 Å². The lowest BCUT2D eigenvalue weighted by atomic mass is 9.91. The van der Waals surface area contributed by atoms with Crippen molar-refractivity contribution in [1.82, 2.24) is 10.6 Å². The quantitative estimate of drug-likeness (QED) is 0.285. The molecule has 3 N–H and O–H groups in total. The van der Waals surface area contributed by atoms with Gasteiger partial charge in [0, 0.05) is 40.6 Å². The number of amides is 2. The molecule has 7 nitrogen and oxygen atoms in total. The second-order valence-electron chi connectivity index (χ2n) is 8.52. The molecular formula is C30H26N2O5. The Labute approximate surface area is 214 Å². The van der Waals surface area contributed by atoms with Crippen molar-refractivity contribution in [1.29, 1.82) is 0 Å². The fraction of sp³-hybridized carbons (Fsp3) is 0.133. The molecule has 2 amide bonds. The van der Waals surface area contributed by atoms with Gasteiger partial charge < -0.3 is 15.7 Å². The minimum Gasteiger partial charge on any atom is -0.478 e. The van der Waals surface area contributed by atoms with Crippen molar-refractivity contribution in [2.75, 3.05) is 13.1 Å². The number of fused-ring (bicyclic) bond motifs is 1. The van der Waals surface area contributed by atoms with Gasteiger partial charge in [0.2, 0.25) is 0 Å². The number of carbonyl (C=O) groups is 4. The first-order chi connectivity index (χ1) is 18.0. The Balaban J connectivity index is 1.65. The van der Waals surface area contributed by atoms with Gasteiger partial charge in [0.1, 0.15) is 0 Å². The molecule has 4 rings (SSSR count). The molecule has 4 aromatic carbocycles. The van der Waals surface area contributed by atoms with Crippen LogP contribution in [0.5, 0.6) is 0 Å². The molecule has 0 radical (unpaired) electrons. The third kappa shape index (κ3) is 5.90. The second-order valence-corrected chi connectivity index (χ2v) is 8.52. The summed E-state index contributed by atoms with van der Waals surface area (Å²) in [6.45, 7) is 0.683. The van der Waals surface area contributed by atoms with E-state index in [1.54, 1.807) is 0 Å². The normalized spacial score (nSPS) is 10.6. The van der Waals surface area contributed by atoms with Crippen molar-refractivity contribution in [2.45, 2.75) is 12.8 Å². The number of hydrogen-bond donors (Lipinski definition) is 3. The summed E-state index contributed by atoms with van der Waals surface area (Å²) in [5.74, 6) is -2.20. The molecule has 4 aromatic rings. The molecule has 0 aliphatic heterocycles. The molecule has 0 aliphatic carbocycles. The Hall–Kier alpha value is -4.78. The zero-order valence-electron chi connectivity index (χ0n) is 20.1. The van der Waals surface area contributed by atoms with Crippen LogP contribution in [0.2, 0.25) is 0 Å². The Morgan fingerprint density at radius 1 is 0.622 bits per heavy atom. The van der Waals surface area contributed by atoms with E-state index in [1.165, 1.54) is 24.3 Å². The highest BCUT2D eigenvalue weighted by Crippen LogP contribution is 2.30. The first-order valence-electron chi connectivity index (χ1n) is 11.9. The van der Waals surface area contributed by atoms with E-state index in [0.29, 0.717) is 32.2 Å². The third-order valence-electron chi connectivity index (χ3n) is 6.12. The molecule has 0 bridgehead atoms. The predicted octanol–water partition coefficient (Wildman–Crippen LogP) is 4.30. The van der Waals surface area contributed by atoms with E-state index in [4.69, 9.17) is 0 Å². The van der Waals surface area contributed by atoms with Crippen molar-refractivity contribution in [3.8, 4) is 0 Å². The maximum absolute atomic E-state index is 13.1. The number of carboxylic acids is 1. The van der Waals surface area contributed by atoms with Crippen molar-refractivity contribution in [3.05, 3.63) is 118 Å². The van der Waals surface area contributed by atoms with Gasteiger partial charge in [0.15, 0.2) is 6.29 Å². The molecule has 0 saturated heterocycles. The maximum Gasteiger partial charge on any atom is 0.336 e. The number of aromatic carboxylic acids is 1. The number of hydrogen-bond acceptors (Lipinski definition) is 4. The van der Waals surface area contributed by atoms with Gasteiger partial charge in [-0.15, -0.1) is 0 Å². The summed E-state index contributed by atoms with van der Waals surface area (Å²) < 4.78 is 0. The van der Waals surface area contributed by atoms with Crippen LogP contribution in [0.3, 0.4) is 0 Å². The number of carbonyl (C=O) groups excluding carboxylic acids is 3. The Kier molecular flexibility index (Phi) is 8.05. The van der Waals surface area contributed by atoms with Gasteiger partial charge in [0.05, 0.1) is 5.56 Å². The molecular weight excluding hydrogens is 468 g/mol. The average molecular weight is 495 g/mol. The van der Waals surface area contributed by atoms with Crippen molar-refractivity contribution >= 4 is 34.8 Å². The smallest absolute Gasteiger partial charge is 0.336 e. The predicted molar refractivity (Wildman–Crippen MR) is 141 cm³/mol. The first-order valence-corrected chi connectivity index (χ1v) is 11.9. The van der Waals surface area contributed by atoms with Gasteiger partial charge in [-0.3, -0.25) is 14.4 Å². The van der Waals surface area contributed by atoms with Gasteiger partial charge in [-0.25, -0.2) is 4.79 Å². The zero-order chi connectivity index (χ0) is 26.2. The lowest BCUT2D eigenvalue weighted by Crippen LogP contribution is -2.28. The van der Waals surface area contributed by atoms with E-state index in [2.05, 4.69) is 10.6 Å². The summed E-state index contributed by atoms with van der Waals surface area (Å²) in [5.41, 5.74) is 2.29. The molecule has 186 valence electrons. The van der Waals surface area contributed by atoms with Crippen LogP contribution >= 0.6 is 0 Å². The Morgan fingerprint density at radius 2 is 1.08 bits per heavy atom. The van der Waals surface area contributed by atoms with Crippen LogP contribution in [0.1, 0.15) is 52.6 Å². The lowest BCUT2D eigenvalue weighted by molar-refractivity contribution is 0.0698. The maximum atomic E-state index is 13.1. The highest BCUT2D eigenvalue weighted by atomic mass is 16.4. The molecule has 0 heterocycles. The topological polar surface area (TPSA) is 113 Å². The Morgan fingerprint density at radius 3 is 1.57 bits per heavy atom. The monoisotopic (exact) mass is 494 g/mol. The van der Waals surface area contributed by atoms with Crippen molar-refractivity contribution in [2.24, 2.45) is 0 Å². The molecule has 37 heavy (non-hydrogen) atoms. The van der Waals surface area contributed by atoms with Crippen LogP contribution in [-0.4, -0.2) is 42.3 Å². The van der Waals surface area contributed by atoms with Crippen LogP contribution in [0.4, 0.5) is 0 Å². The summed E-state index contributed by atoms with van der Waals surface area (Å²) >= 11 is 0. The molecule has 0 spiro atoms. The zero-order valence-corrected chi connectivity index (χ0v) is 20.1. The third-order valence-corrected chi connectivity index (χ3v) is 6.12. The highest BCUT2D eigenvalue weighted by molar-refractivity contribution is 6.22.